The van der Waals surface area contributed by atoms with Crippen LogP contribution in [0.4, 0.5) is 0 Å². The molecule has 0 fully saturated rings. The molecule has 0 aromatic rings. The van der Waals surface area contributed by atoms with Crippen LogP contribution in [-0.2, 0) is 0 Å². The molecule has 0 aromatic heterocycles. The van der Waals surface area contributed by atoms with Crippen molar-refractivity contribution in [1.29, 1.82) is 0 Å². The Morgan fingerprint density at radius 2 is 0.274 bits per heavy atom. The highest BCUT2D eigenvalue weighted by molar-refractivity contribution is 8.77. The first-order valence-electron chi connectivity index (χ1n) is 30.1. The van der Waals surface area contributed by atoms with E-state index in [0.717, 1.165) is 10.5 Å². The van der Waals surface area contributed by atoms with E-state index in [1.165, 1.54) is 347 Å². The molecule has 0 nitrogen and oxygen atoms in total. The maximum atomic E-state index is 2.38. The quantitative estimate of drug-likeness (QED) is 0.0441. The Bertz CT molecular complexity index is 689. The van der Waals surface area contributed by atoms with Crippen LogP contribution in [-0.4, -0.2) is 10.5 Å². The van der Waals surface area contributed by atoms with Crippen molar-refractivity contribution >= 4 is 21.6 Å². The highest BCUT2D eigenvalue weighted by Gasteiger charge is 2.16. The summed E-state index contributed by atoms with van der Waals surface area (Å²) in [6, 6.07) is 0. The molecule has 0 radical (unpaired) electrons. The third-order valence-corrected chi connectivity index (χ3v) is 17.9. The van der Waals surface area contributed by atoms with E-state index in [2.05, 4.69) is 49.3 Å². The van der Waals surface area contributed by atoms with Gasteiger partial charge in [0.25, 0.3) is 0 Å². The molecule has 0 saturated heterocycles. The summed E-state index contributed by atoms with van der Waals surface area (Å²) < 4.78 is 0. The zero-order chi connectivity index (χ0) is 44.8. The van der Waals surface area contributed by atoms with Crippen LogP contribution in [0.2, 0.25) is 0 Å². The highest BCUT2D eigenvalue weighted by atomic mass is 33.1. The fourth-order valence-corrected chi connectivity index (χ4v) is 13.3. The SMILES string of the molecule is CCCCCCCCCCCCCCCC(CCCCCCCCCCCCCC)SSC(CCCCCCCCCCCCCC)CCCCCCCCCCCCCCC. The van der Waals surface area contributed by atoms with Gasteiger partial charge in [-0.3, -0.25) is 0 Å². The average Bonchev–Trinajstić information content (AvgIpc) is 3.28. The number of unbranched alkanes of at least 4 members (excludes halogenated alkanes) is 46. The number of rotatable bonds is 57. The monoisotopic (exact) mass is 907 g/mol. The number of hydrogen-bond acceptors (Lipinski definition) is 2. The Hall–Kier alpha value is 0.700. The molecule has 0 amide bonds. The zero-order valence-corrected chi connectivity index (χ0v) is 45.8. The molecule has 0 aliphatic heterocycles. The Labute approximate surface area is 404 Å². The van der Waals surface area contributed by atoms with Gasteiger partial charge in [-0.15, -0.1) is 0 Å². The second-order valence-corrected chi connectivity index (χ2v) is 23.7. The van der Waals surface area contributed by atoms with Crippen LogP contribution in [0.1, 0.15) is 374 Å². The van der Waals surface area contributed by atoms with Gasteiger partial charge in [0.2, 0.25) is 0 Å². The summed E-state index contributed by atoms with van der Waals surface area (Å²) in [7, 11) is 4.77. The smallest absolute Gasteiger partial charge is 0.0151 e. The van der Waals surface area contributed by atoms with Crippen LogP contribution in [0, 0.1) is 0 Å². The lowest BCUT2D eigenvalue weighted by Crippen LogP contribution is -2.06. The molecule has 62 heavy (non-hydrogen) atoms. The van der Waals surface area contributed by atoms with E-state index < -0.39 is 0 Å². The van der Waals surface area contributed by atoms with Crippen LogP contribution in [0.5, 0.6) is 0 Å². The van der Waals surface area contributed by atoms with Gasteiger partial charge in [0.15, 0.2) is 0 Å². The molecule has 0 aliphatic rings. The molecule has 0 aliphatic carbocycles. The molecule has 2 heteroatoms. The van der Waals surface area contributed by atoms with Crippen molar-refractivity contribution in [3.8, 4) is 0 Å². The third-order valence-electron chi connectivity index (χ3n) is 14.3. The molecule has 0 spiro atoms. The predicted molar refractivity (Wildman–Crippen MR) is 295 cm³/mol. The summed E-state index contributed by atoms with van der Waals surface area (Å²) in [6.07, 6.45) is 79.5. The Kier molecular flexibility index (Phi) is 58.5. The predicted octanol–water partition coefficient (Wildman–Crippen LogP) is 24.3. The van der Waals surface area contributed by atoms with Crippen molar-refractivity contribution in [3.63, 3.8) is 0 Å². The van der Waals surface area contributed by atoms with E-state index in [1.54, 1.807) is 0 Å². The standard InChI is InChI=1S/C60H122S2/c1-5-9-13-17-21-25-29-33-37-41-45-49-53-57-59(55-51-47-43-39-35-31-27-23-19-15-11-7-3)61-62-60(56-52-48-44-40-36-32-28-24-20-16-12-8-4)58-54-50-46-42-38-34-30-26-22-18-14-10-6-2/h59-60H,5-58H2,1-4H3. The van der Waals surface area contributed by atoms with E-state index in [0.29, 0.717) is 0 Å². The van der Waals surface area contributed by atoms with Gasteiger partial charge in [-0.1, -0.05) is 370 Å². The van der Waals surface area contributed by atoms with Gasteiger partial charge < -0.3 is 0 Å². The molecule has 374 valence electrons. The molecule has 2 unspecified atom stereocenters. The minimum Gasteiger partial charge on any atom is -0.0904 e. The maximum Gasteiger partial charge on any atom is 0.0151 e. The molecule has 2 atom stereocenters. The summed E-state index contributed by atoms with van der Waals surface area (Å²) in [5.41, 5.74) is 0. The summed E-state index contributed by atoms with van der Waals surface area (Å²) in [6.45, 7) is 9.32. The fraction of sp³-hybridized carbons (Fsp3) is 1.00. The van der Waals surface area contributed by atoms with Crippen LogP contribution in [0.25, 0.3) is 0 Å². The van der Waals surface area contributed by atoms with Crippen molar-refractivity contribution in [2.75, 3.05) is 0 Å². The highest BCUT2D eigenvalue weighted by Crippen LogP contribution is 2.40. The van der Waals surface area contributed by atoms with E-state index in [9.17, 15) is 0 Å². The van der Waals surface area contributed by atoms with Gasteiger partial charge in [-0.05, 0) is 25.7 Å². The summed E-state index contributed by atoms with van der Waals surface area (Å²) in [5, 5.41) is 1.79. The third kappa shape index (κ3) is 53.3. The lowest BCUT2D eigenvalue weighted by atomic mass is 10.0. The van der Waals surface area contributed by atoms with Crippen LogP contribution < -0.4 is 0 Å². The topological polar surface area (TPSA) is 0 Å². The normalized spacial score (nSPS) is 12.8. The summed E-state index contributed by atoms with van der Waals surface area (Å²) >= 11 is 0. The van der Waals surface area contributed by atoms with Gasteiger partial charge in [0.05, 0.1) is 0 Å². The van der Waals surface area contributed by atoms with Crippen molar-refractivity contribution in [3.05, 3.63) is 0 Å². The fourth-order valence-electron chi connectivity index (χ4n) is 9.84. The van der Waals surface area contributed by atoms with Gasteiger partial charge in [-0.2, -0.15) is 0 Å². The molecule has 0 heterocycles. The lowest BCUT2D eigenvalue weighted by molar-refractivity contribution is 0.518. The Balaban J connectivity index is 4.76. The van der Waals surface area contributed by atoms with Crippen molar-refractivity contribution in [2.45, 2.75) is 385 Å². The van der Waals surface area contributed by atoms with Gasteiger partial charge in [0.1, 0.15) is 0 Å². The summed E-state index contributed by atoms with van der Waals surface area (Å²) in [4.78, 5) is 0. The molecule has 0 N–H and O–H groups in total. The van der Waals surface area contributed by atoms with E-state index >= 15 is 0 Å². The summed E-state index contributed by atoms with van der Waals surface area (Å²) in [5.74, 6) is 0. The van der Waals surface area contributed by atoms with E-state index in [1.807, 2.05) is 0 Å². The Morgan fingerprint density at radius 3 is 0.403 bits per heavy atom. The first-order valence-corrected chi connectivity index (χ1v) is 32.4. The molecule has 0 saturated carbocycles. The van der Waals surface area contributed by atoms with E-state index in [-0.39, 0.29) is 0 Å². The van der Waals surface area contributed by atoms with Crippen LogP contribution in [0.3, 0.4) is 0 Å². The van der Waals surface area contributed by atoms with Crippen molar-refractivity contribution in [2.24, 2.45) is 0 Å². The molecule has 0 aromatic carbocycles. The number of hydrogen-bond donors (Lipinski definition) is 0. The maximum absolute atomic E-state index is 2.38. The Morgan fingerprint density at radius 1 is 0.161 bits per heavy atom. The van der Waals surface area contributed by atoms with Crippen molar-refractivity contribution < 1.29 is 0 Å². The zero-order valence-electron chi connectivity index (χ0n) is 44.2. The molecule has 0 bridgehead atoms. The van der Waals surface area contributed by atoms with Crippen molar-refractivity contribution in [1.82, 2.24) is 0 Å². The lowest BCUT2D eigenvalue weighted by Gasteiger charge is -2.21. The minimum absolute atomic E-state index is 0.895. The second kappa shape index (κ2) is 57.8. The molecule has 0 rings (SSSR count). The van der Waals surface area contributed by atoms with Crippen LogP contribution >= 0.6 is 21.6 Å². The first-order chi connectivity index (χ1) is 30.8. The second-order valence-electron chi connectivity index (χ2n) is 20.9. The average molecular weight is 908 g/mol. The van der Waals surface area contributed by atoms with Gasteiger partial charge in [0, 0.05) is 10.5 Å². The van der Waals surface area contributed by atoms with E-state index in [4.69, 9.17) is 0 Å². The molecular weight excluding hydrogens is 785 g/mol. The van der Waals surface area contributed by atoms with Crippen LogP contribution in [0.15, 0.2) is 0 Å². The minimum atomic E-state index is 0.895. The van der Waals surface area contributed by atoms with Gasteiger partial charge in [-0.25, -0.2) is 0 Å². The molecular formula is C60H122S2. The first kappa shape index (κ1) is 62.7. The van der Waals surface area contributed by atoms with Gasteiger partial charge >= 0.3 is 0 Å². The largest absolute Gasteiger partial charge is 0.0904 e.